The highest BCUT2D eigenvalue weighted by molar-refractivity contribution is 6.04. The number of halogens is 1. The third-order valence-corrected chi connectivity index (χ3v) is 5.08. The monoisotopic (exact) mass is 381 g/mol. The fourth-order valence-corrected chi connectivity index (χ4v) is 3.66. The van der Waals surface area contributed by atoms with E-state index in [0.29, 0.717) is 16.8 Å². The van der Waals surface area contributed by atoms with Gasteiger partial charge in [-0.25, -0.2) is 4.39 Å². The van der Waals surface area contributed by atoms with Crippen LogP contribution in [0.15, 0.2) is 47.0 Å². The minimum absolute atomic E-state index is 0.0179. The van der Waals surface area contributed by atoms with Gasteiger partial charge in [0, 0.05) is 43.0 Å². The summed E-state index contributed by atoms with van der Waals surface area (Å²) in [5, 5.41) is 9.45. The molecule has 2 aromatic rings. The van der Waals surface area contributed by atoms with Crippen molar-refractivity contribution in [1.82, 2.24) is 9.55 Å². The molecule has 144 valence electrons. The number of nitrogens with zero attached hydrogens (tertiary/aromatic N) is 3. The number of carbonyl (C=O) groups excluding carboxylic acids is 1. The van der Waals surface area contributed by atoms with Crippen LogP contribution in [0.25, 0.3) is 11.1 Å². The zero-order valence-electron chi connectivity index (χ0n) is 16.1. The summed E-state index contributed by atoms with van der Waals surface area (Å²) in [6.45, 7) is 3.48. The predicted octanol–water partition coefficient (Wildman–Crippen LogP) is 2.88. The van der Waals surface area contributed by atoms with Gasteiger partial charge in [0.25, 0.3) is 0 Å². The van der Waals surface area contributed by atoms with Crippen molar-refractivity contribution in [2.24, 2.45) is 12.5 Å². The summed E-state index contributed by atoms with van der Waals surface area (Å²) in [5.74, 6) is -0.817. The molecule has 3 rings (SSSR count). The van der Waals surface area contributed by atoms with Gasteiger partial charge in [-0.1, -0.05) is 13.8 Å². The molecule has 1 aliphatic carbocycles. The van der Waals surface area contributed by atoms with Crippen molar-refractivity contribution in [3.8, 4) is 17.2 Å². The summed E-state index contributed by atoms with van der Waals surface area (Å²) in [6.07, 6.45) is 4.36. The Bertz CT molecular complexity index is 1090. The van der Waals surface area contributed by atoms with E-state index in [9.17, 15) is 19.2 Å². The minimum atomic E-state index is -1.19. The average molecular weight is 381 g/mol. The third-order valence-electron chi connectivity index (χ3n) is 5.08. The Morgan fingerprint density at radius 3 is 2.64 bits per heavy atom. The number of ketones is 1. The van der Waals surface area contributed by atoms with Crippen LogP contribution in [0, 0.1) is 22.6 Å². The average Bonchev–Trinajstić information content (AvgIpc) is 2.66. The molecule has 0 spiro atoms. The van der Waals surface area contributed by atoms with E-state index in [-0.39, 0.29) is 23.3 Å². The number of rotatable bonds is 3. The molecule has 0 aliphatic heterocycles. The first-order valence-electron chi connectivity index (χ1n) is 8.69. The molecular formula is C21H20FN3O3. The van der Waals surface area contributed by atoms with Crippen LogP contribution in [0.2, 0.25) is 0 Å². The van der Waals surface area contributed by atoms with Crippen LogP contribution < -0.4 is 5.56 Å². The Kier molecular flexibility index (Phi) is 4.77. The normalized spacial score (nSPS) is 21.1. The first-order valence-corrected chi connectivity index (χ1v) is 8.69. The molecule has 0 saturated heterocycles. The van der Waals surface area contributed by atoms with E-state index in [4.69, 9.17) is 4.74 Å². The lowest BCUT2D eigenvalue weighted by molar-refractivity contribution is -0.128. The van der Waals surface area contributed by atoms with Crippen molar-refractivity contribution in [1.29, 1.82) is 5.26 Å². The van der Waals surface area contributed by atoms with E-state index >= 15 is 0 Å². The number of Topliss-reactive ketones (excluding diaryl/α,β-unsaturated/α-hetero) is 1. The number of hydrogen-bond donors (Lipinski definition) is 0. The molecule has 28 heavy (non-hydrogen) atoms. The second kappa shape index (κ2) is 6.80. The summed E-state index contributed by atoms with van der Waals surface area (Å²) in [4.78, 5) is 28.6. The molecule has 0 radical (unpaired) electrons. The Labute approximate surface area is 161 Å². The first-order chi connectivity index (χ1) is 13.1. The van der Waals surface area contributed by atoms with E-state index in [2.05, 4.69) is 4.98 Å². The molecular weight excluding hydrogens is 361 g/mol. The molecule has 0 fully saturated rings. The highest BCUT2D eigenvalue weighted by Crippen LogP contribution is 2.47. The van der Waals surface area contributed by atoms with Crippen LogP contribution in [0.3, 0.4) is 0 Å². The number of ether oxygens (including phenoxy) is 1. The highest BCUT2D eigenvalue weighted by Gasteiger charge is 2.48. The minimum Gasteiger partial charge on any atom is -0.368 e. The Hall–Kier alpha value is -3.11. The van der Waals surface area contributed by atoms with Gasteiger partial charge in [0.15, 0.2) is 5.78 Å². The number of aryl methyl sites for hydroxylation is 1. The number of allylic oxidation sites excluding steroid dienone is 1. The molecule has 0 saturated carbocycles. The topological polar surface area (TPSA) is 85.0 Å². The van der Waals surface area contributed by atoms with Crippen LogP contribution >= 0.6 is 0 Å². The number of pyridine rings is 2. The predicted molar refractivity (Wildman–Crippen MR) is 101 cm³/mol. The maximum Gasteiger partial charge on any atom is 0.250 e. The number of hydrogen-bond acceptors (Lipinski definition) is 5. The quantitative estimate of drug-likeness (QED) is 0.816. The second-order valence-corrected chi connectivity index (χ2v) is 7.57. The fourth-order valence-electron chi connectivity index (χ4n) is 3.66. The van der Waals surface area contributed by atoms with Crippen LogP contribution in [0.4, 0.5) is 4.39 Å². The van der Waals surface area contributed by atoms with Gasteiger partial charge >= 0.3 is 0 Å². The maximum absolute atomic E-state index is 14.1. The summed E-state index contributed by atoms with van der Waals surface area (Å²) in [5.41, 5.74) is -0.906. The number of methoxy groups -OCH3 is 1. The zero-order chi connectivity index (χ0) is 20.7. The number of nitriles is 1. The smallest absolute Gasteiger partial charge is 0.250 e. The highest BCUT2D eigenvalue weighted by atomic mass is 19.1. The van der Waals surface area contributed by atoms with Crippen molar-refractivity contribution in [3.63, 3.8) is 0 Å². The second-order valence-electron chi connectivity index (χ2n) is 7.57. The van der Waals surface area contributed by atoms with E-state index in [1.165, 1.54) is 29.9 Å². The van der Waals surface area contributed by atoms with Gasteiger partial charge in [-0.05, 0) is 24.6 Å². The van der Waals surface area contributed by atoms with Gasteiger partial charge < -0.3 is 9.30 Å². The van der Waals surface area contributed by atoms with Crippen LogP contribution in [0.5, 0.6) is 0 Å². The Morgan fingerprint density at radius 1 is 1.32 bits per heavy atom. The molecule has 0 unspecified atom stereocenters. The van der Waals surface area contributed by atoms with Crippen LogP contribution in [-0.2, 0) is 22.2 Å². The van der Waals surface area contributed by atoms with E-state index < -0.39 is 16.8 Å². The molecule has 2 aromatic heterocycles. The standard InChI is InChI=1S/C21H20FN3O3/c1-20(2)12-21(28-4,8-14(9-23)19(20)27)18-16(7-15(22)10-24-18)13-5-6-17(26)25(3)11-13/h5-8,10-11H,12H2,1-4H3/t21-/m1/s1. The van der Waals surface area contributed by atoms with Crippen molar-refractivity contribution >= 4 is 5.78 Å². The summed E-state index contributed by atoms with van der Waals surface area (Å²) in [6, 6.07) is 6.22. The number of aromatic nitrogens is 2. The molecule has 0 N–H and O–H groups in total. The Morgan fingerprint density at radius 2 is 2.04 bits per heavy atom. The summed E-state index contributed by atoms with van der Waals surface area (Å²) in [7, 11) is 3.06. The van der Waals surface area contributed by atoms with Crippen LogP contribution in [-0.4, -0.2) is 22.4 Å². The van der Waals surface area contributed by atoms with Crippen LogP contribution in [0.1, 0.15) is 26.0 Å². The first kappa shape index (κ1) is 19.6. The van der Waals surface area contributed by atoms with E-state index in [1.807, 2.05) is 6.07 Å². The van der Waals surface area contributed by atoms with Gasteiger partial charge in [-0.3, -0.25) is 14.6 Å². The van der Waals surface area contributed by atoms with Crippen molar-refractivity contribution in [2.75, 3.05) is 7.11 Å². The van der Waals surface area contributed by atoms with Gasteiger partial charge in [0.05, 0.1) is 17.5 Å². The van der Waals surface area contributed by atoms with Gasteiger partial charge in [-0.2, -0.15) is 5.26 Å². The van der Waals surface area contributed by atoms with Gasteiger partial charge in [-0.15, -0.1) is 0 Å². The SMILES string of the molecule is CO[C@]1(c2ncc(F)cc2-c2ccc(=O)n(C)c2)C=C(C#N)C(=O)C(C)(C)C1. The molecule has 0 aromatic carbocycles. The molecule has 0 amide bonds. The molecule has 6 nitrogen and oxygen atoms in total. The lowest BCUT2D eigenvalue weighted by Crippen LogP contribution is -2.43. The summed E-state index contributed by atoms with van der Waals surface area (Å²) >= 11 is 0. The van der Waals surface area contributed by atoms with E-state index in [0.717, 1.165) is 6.20 Å². The number of carbonyl (C=O) groups is 1. The molecule has 1 aliphatic rings. The molecule has 7 heteroatoms. The molecule has 0 bridgehead atoms. The summed E-state index contributed by atoms with van der Waals surface area (Å²) < 4.78 is 21.3. The zero-order valence-corrected chi connectivity index (χ0v) is 16.1. The van der Waals surface area contributed by atoms with Crippen molar-refractivity contribution in [3.05, 3.63) is 64.1 Å². The molecule has 2 heterocycles. The van der Waals surface area contributed by atoms with E-state index in [1.54, 1.807) is 33.2 Å². The lowest BCUT2D eigenvalue weighted by atomic mass is 9.68. The Balaban J connectivity index is 2.32. The van der Waals surface area contributed by atoms with Crippen molar-refractivity contribution < 1.29 is 13.9 Å². The van der Waals surface area contributed by atoms with Gasteiger partial charge in [0.2, 0.25) is 5.56 Å². The largest absolute Gasteiger partial charge is 0.368 e. The third kappa shape index (κ3) is 3.16. The molecule has 1 atom stereocenters. The lowest BCUT2D eigenvalue weighted by Gasteiger charge is -2.40. The fraction of sp³-hybridized carbons (Fsp3) is 0.333. The van der Waals surface area contributed by atoms with Crippen molar-refractivity contribution in [2.45, 2.75) is 25.9 Å². The van der Waals surface area contributed by atoms with Gasteiger partial charge in [0.1, 0.15) is 17.5 Å². The maximum atomic E-state index is 14.1.